The van der Waals surface area contributed by atoms with Gasteiger partial charge in [-0.2, -0.15) is 0 Å². The van der Waals surface area contributed by atoms with Crippen molar-refractivity contribution in [1.29, 1.82) is 0 Å². The Morgan fingerprint density at radius 3 is 2.32 bits per heavy atom. The molecule has 0 unspecified atom stereocenters. The van der Waals surface area contributed by atoms with Gasteiger partial charge >= 0.3 is 12.1 Å². The molecule has 1 heterocycles. The zero-order valence-electron chi connectivity index (χ0n) is 20.7. The summed E-state index contributed by atoms with van der Waals surface area (Å²) in [6.45, 7) is 10.7. The van der Waals surface area contributed by atoms with Crippen LogP contribution in [-0.2, 0) is 19.7 Å². The van der Waals surface area contributed by atoms with Crippen molar-refractivity contribution >= 4 is 35.6 Å². The van der Waals surface area contributed by atoms with Crippen molar-refractivity contribution < 1.29 is 24.2 Å². The number of nitrogens with zero attached hydrogens (tertiary/aromatic N) is 2. The second-order valence-electron chi connectivity index (χ2n) is 9.98. The molecule has 8 heteroatoms. The summed E-state index contributed by atoms with van der Waals surface area (Å²) in [4.78, 5) is 44.2. The maximum Gasteiger partial charge on any atom is 0.413 e. The molecule has 1 aliphatic carbocycles. The van der Waals surface area contributed by atoms with Crippen molar-refractivity contribution in [2.45, 2.75) is 77.7 Å². The predicted molar refractivity (Wildman–Crippen MR) is 131 cm³/mol. The largest absolute Gasteiger partial charge is 0.481 e. The molecular weight excluding hydrogens is 434 g/mol. The second kappa shape index (κ2) is 9.99. The Hall–Kier alpha value is -3.16. The molecule has 1 aliphatic heterocycles. The summed E-state index contributed by atoms with van der Waals surface area (Å²) in [5.41, 5.74) is 0.868. The molecule has 1 aromatic rings. The first-order valence-corrected chi connectivity index (χ1v) is 11.9. The number of aliphatic carboxylic acids is 1. The van der Waals surface area contributed by atoms with Gasteiger partial charge in [-0.3, -0.25) is 14.9 Å². The minimum Gasteiger partial charge on any atom is -0.481 e. The number of alkyl carbamates (subject to hydrolysis) is 1. The van der Waals surface area contributed by atoms with Gasteiger partial charge in [0.05, 0.1) is 11.1 Å². The Bertz CT molecular complexity index is 1030. The van der Waals surface area contributed by atoms with Gasteiger partial charge in [0.25, 0.3) is 0 Å². The van der Waals surface area contributed by atoms with Crippen LogP contribution in [0.15, 0.2) is 28.8 Å². The van der Waals surface area contributed by atoms with E-state index in [4.69, 9.17) is 4.74 Å². The summed E-state index contributed by atoms with van der Waals surface area (Å²) in [5.74, 6) is -0.653. The molecule has 2 N–H and O–H groups in total. The fourth-order valence-corrected chi connectivity index (χ4v) is 4.10. The van der Waals surface area contributed by atoms with Crippen LogP contribution in [0.4, 0.5) is 10.5 Å². The number of hydrogen-bond acceptors (Lipinski definition) is 5. The van der Waals surface area contributed by atoms with Crippen molar-refractivity contribution in [2.24, 2.45) is 4.99 Å². The highest BCUT2D eigenvalue weighted by Crippen LogP contribution is 2.49. The molecule has 0 radical (unpaired) electrons. The lowest BCUT2D eigenvalue weighted by molar-refractivity contribution is -0.140. The Morgan fingerprint density at radius 1 is 1.15 bits per heavy atom. The van der Waals surface area contributed by atoms with E-state index >= 15 is 0 Å². The van der Waals surface area contributed by atoms with Gasteiger partial charge in [0.15, 0.2) is 0 Å². The van der Waals surface area contributed by atoms with E-state index in [2.05, 4.69) is 10.3 Å². The van der Waals surface area contributed by atoms with E-state index in [0.717, 1.165) is 12.8 Å². The average molecular weight is 470 g/mol. The van der Waals surface area contributed by atoms with Crippen molar-refractivity contribution in [1.82, 2.24) is 10.2 Å². The van der Waals surface area contributed by atoms with Gasteiger partial charge in [-0.1, -0.05) is 26.0 Å². The normalized spacial score (nSPS) is 16.4. The van der Waals surface area contributed by atoms with Crippen LogP contribution in [0.1, 0.15) is 77.8 Å². The Labute approximate surface area is 201 Å². The molecule has 0 atom stereocenters. The molecule has 1 fully saturated rings. The van der Waals surface area contributed by atoms with E-state index in [-0.39, 0.29) is 18.2 Å². The molecule has 1 aromatic carbocycles. The minimum atomic E-state index is -0.878. The number of amidine groups is 1. The number of benzene rings is 1. The number of hydrogen-bond donors (Lipinski definition) is 2. The third-order valence-corrected chi connectivity index (χ3v) is 5.88. The molecule has 2 amide bonds. The Morgan fingerprint density at radius 2 is 1.79 bits per heavy atom. The maximum absolute atomic E-state index is 13.4. The standard InChI is InChI=1S/C26H35N3O5/c1-6-12-29(13-7-2)22(30)18-14-17-8-9-19(26(10-11-26)23(31)32)16-20(17)27-21(15-18)28-24(33)34-25(3,4)5/h8-9,14,16H,6-7,10-13,15H2,1-5H3,(H,31,32)(H,27,28,33). The molecule has 0 saturated heterocycles. The minimum absolute atomic E-state index is 0.0940. The van der Waals surface area contributed by atoms with E-state index in [1.54, 1.807) is 39.0 Å². The fourth-order valence-electron chi connectivity index (χ4n) is 4.10. The molecule has 0 bridgehead atoms. The van der Waals surface area contributed by atoms with Crippen LogP contribution in [-0.4, -0.2) is 52.5 Å². The summed E-state index contributed by atoms with van der Waals surface area (Å²) < 4.78 is 5.39. The number of rotatable bonds is 7. The van der Waals surface area contributed by atoms with Crippen LogP contribution < -0.4 is 5.32 Å². The zero-order chi connectivity index (χ0) is 25.1. The second-order valence-corrected chi connectivity index (χ2v) is 9.98. The molecule has 2 aliphatic rings. The summed E-state index contributed by atoms with van der Waals surface area (Å²) >= 11 is 0. The van der Waals surface area contributed by atoms with Gasteiger partial charge in [-0.15, -0.1) is 0 Å². The van der Waals surface area contributed by atoms with Crippen LogP contribution in [0, 0.1) is 0 Å². The number of fused-ring (bicyclic) bond motifs is 1. The van der Waals surface area contributed by atoms with Crippen molar-refractivity contribution in [3.8, 4) is 0 Å². The van der Waals surface area contributed by atoms with Crippen molar-refractivity contribution in [3.05, 3.63) is 34.9 Å². The van der Waals surface area contributed by atoms with Gasteiger partial charge < -0.3 is 14.7 Å². The van der Waals surface area contributed by atoms with E-state index in [0.29, 0.717) is 48.3 Å². The monoisotopic (exact) mass is 469 g/mol. The quantitative estimate of drug-likeness (QED) is 0.597. The van der Waals surface area contributed by atoms with Gasteiger partial charge in [0, 0.05) is 30.6 Å². The summed E-state index contributed by atoms with van der Waals surface area (Å²) in [7, 11) is 0. The van der Waals surface area contributed by atoms with Crippen LogP contribution in [0.2, 0.25) is 0 Å². The lowest BCUT2D eigenvalue weighted by Crippen LogP contribution is -2.38. The molecule has 0 spiro atoms. The summed E-state index contributed by atoms with van der Waals surface area (Å²) in [6.07, 6.45) is 4.12. The number of ether oxygens (including phenoxy) is 1. The van der Waals surface area contributed by atoms with Crippen LogP contribution in [0.3, 0.4) is 0 Å². The van der Waals surface area contributed by atoms with Gasteiger partial charge in [-0.25, -0.2) is 9.79 Å². The molecule has 0 aromatic heterocycles. The number of aliphatic imine (C=N–C) groups is 1. The van der Waals surface area contributed by atoms with E-state index in [1.807, 2.05) is 24.8 Å². The highest BCUT2D eigenvalue weighted by atomic mass is 16.6. The van der Waals surface area contributed by atoms with E-state index in [1.165, 1.54) is 0 Å². The van der Waals surface area contributed by atoms with Crippen LogP contribution in [0.25, 0.3) is 6.08 Å². The topological polar surface area (TPSA) is 108 Å². The molecule has 184 valence electrons. The fraction of sp³-hybridized carbons (Fsp3) is 0.538. The number of carboxylic acid groups (broad SMARTS) is 1. The van der Waals surface area contributed by atoms with Gasteiger partial charge in [0.2, 0.25) is 5.91 Å². The third kappa shape index (κ3) is 5.85. The SMILES string of the molecule is CCCN(CCC)C(=O)C1=Cc2ccc(C3(C(=O)O)CC3)cc2N=C(NC(=O)OC(C)(C)C)C1. The maximum atomic E-state index is 13.4. The molecule has 8 nitrogen and oxygen atoms in total. The Kier molecular flexibility index (Phi) is 7.48. The predicted octanol–water partition coefficient (Wildman–Crippen LogP) is 4.79. The smallest absolute Gasteiger partial charge is 0.413 e. The highest BCUT2D eigenvalue weighted by molar-refractivity contribution is 6.08. The van der Waals surface area contributed by atoms with Crippen LogP contribution in [0.5, 0.6) is 0 Å². The first-order chi connectivity index (χ1) is 16.0. The van der Waals surface area contributed by atoms with Gasteiger partial charge in [-0.05, 0) is 64.2 Å². The van der Waals surface area contributed by atoms with Gasteiger partial charge in [0.1, 0.15) is 11.4 Å². The molecule has 3 rings (SSSR count). The molecule has 1 saturated carbocycles. The first-order valence-electron chi connectivity index (χ1n) is 11.9. The lowest BCUT2D eigenvalue weighted by Gasteiger charge is -2.23. The molecule has 34 heavy (non-hydrogen) atoms. The zero-order valence-corrected chi connectivity index (χ0v) is 20.7. The number of amides is 2. The average Bonchev–Trinajstić information content (AvgIpc) is 3.55. The summed E-state index contributed by atoms with van der Waals surface area (Å²) in [5, 5.41) is 12.4. The first kappa shape index (κ1) is 25.5. The van der Waals surface area contributed by atoms with Crippen molar-refractivity contribution in [2.75, 3.05) is 13.1 Å². The Balaban J connectivity index is 2.01. The lowest BCUT2D eigenvalue weighted by atomic mass is 9.94. The van der Waals surface area contributed by atoms with E-state index in [9.17, 15) is 19.5 Å². The number of carbonyl (C=O) groups excluding carboxylic acids is 2. The third-order valence-electron chi connectivity index (χ3n) is 5.88. The van der Waals surface area contributed by atoms with Crippen molar-refractivity contribution in [3.63, 3.8) is 0 Å². The van der Waals surface area contributed by atoms with Crippen LogP contribution >= 0.6 is 0 Å². The number of carboxylic acids is 1. The molecular formula is C26H35N3O5. The number of nitrogens with one attached hydrogen (secondary N) is 1. The summed E-state index contributed by atoms with van der Waals surface area (Å²) in [6, 6.07) is 5.37. The van der Waals surface area contributed by atoms with E-state index < -0.39 is 23.1 Å². The number of carbonyl (C=O) groups is 3. The highest BCUT2D eigenvalue weighted by Gasteiger charge is 2.51.